The largest absolute Gasteiger partial charge is 0.379 e. The van der Waals surface area contributed by atoms with Gasteiger partial charge >= 0.3 is 0 Å². The van der Waals surface area contributed by atoms with E-state index in [1.165, 1.54) is 10.6 Å². The fourth-order valence-electron chi connectivity index (χ4n) is 4.30. The maximum absolute atomic E-state index is 12.7. The lowest BCUT2D eigenvalue weighted by Gasteiger charge is -2.34. The number of morpholine rings is 1. The van der Waals surface area contributed by atoms with Gasteiger partial charge in [0.2, 0.25) is 0 Å². The van der Waals surface area contributed by atoms with Crippen LogP contribution in [0.1, 0.15) is 55.2 Å². The van der Waals surface area contributed by atoms with E-state index in [4.69, 9.17) is 4.74 Å². The van der Waals surface area contributed by atoms with Crippen molar-refractivity contribution in [3.05, 3.63) is 22.5 Å². The molecule has 0 amide bonds. The molecule has 3 heterocycles. The Labute approximate surface area is 182 Å². The number of fused-ring (bicyclic) bond motifs is 3. The van der Waals surface area contributed by atoms with Crippen LogP contribution < -0.4 is 0 Å². The maximum Gasteiger partial charge on any atom is 0.197 e. The molecular formula is C21H31N3O4S2. The minimum Gasteiger partial charge on any atom is -0.379 e. The summed E-state index contributed by atoms with van der Waals surface area (Å²) < 4.78 is 32.2. The van der Waals surface area contributed by atoms with Crippen LogP contribution in [0.3, 0.4) is 0 Å². The molecule has 4 rings (SSSR count). The second-order valence-corrected chi connectivity index (χ2v) is 12.8. The first-order chi connectivity index (χ1) is 14.0. The third-order valence-electron chi connectivity index (χ3n) is 6.96. The molecule has 0 N–H and O–H groups in total. The summed E-state index contributed by atoms with van der Waals surface area (Å²) in [7, 11) is -3.45. The Kier molecular flexibility index (Phi) is 5.62. The number of Topliss-reactive ketones (excluding diaryl/α,β-unsaturated/α-hetero) is 1. The minimum absolute atomic E-state index is 0.0239. The van der Waals surface area contributed by atoms with Crippen LogP contribution in [0.2, 0.25) is 0 Å². The molecule has 2 aromatic rings. The molecule has 7 nitrogen and oxygen atoms in total. The van der Waals surface area contributed by atoms with Crippen molar-refractivity contribution in [2.24, 2.45) is 5.41 Å². The van der Waals surface area contributed by atoms with Gasteiger partial charge in [0.25, 0.3) is 0 Å². The Morgan fingerprint density at radius 3 is 2.63 bits per heavy atom. The third kappa shape index (κ3) is 3.97. The number of carbonyl (C=O) groups is 1. The summed E-state index contributed by atoms with van der Waals surface area (Å²) in [6.45, 7) is 12.8. The molecule has 0 radical (unpaired) electrons. The second kappa shape index (κ2) is 7.69. The Morgan fingerprint density at radius 1 is 1.23 bits per heavy atom. The number of carbonyl (C=O) groups excluding carboxylic acids is 1. The second-order valence-electron chi connectivity index (χ2n) is 9.67. The van der Waals surface area contributed by atoms with Crippen molar-refractivity contribution in [1.29, 1.82) is 0 Å². The molecule has 0 spiro atoms. The monoisotopic (exact) mass is 453 g/mol. The van der Waals surface area contributed by atoms with Gasteiger partial charge in [0, 0.05) is 35.3 Å². The van der Waals surface area contributed by atoms with Crippen molar-refractivity contribution in [3.63, 3.8) is 0 Å². The van der Waals surface area contributed by atoms with Gasteiger partial charge in [-0.1, -0.05) is 27.7 Å². The first-order valence-electron chi connectivity index (χ1n) is 10.6. The molecule has 2 aliphatic rings. The van der Waals surface area contributed by atoms with Crippen molar-refractivity contribution in [3.8, 4) is 0 Å². The molecule has 0 saturated carbocycles. The number of imidazole rings is 1. The van der Waals surface area contributed by atoms with Gasteiger partial charge in [-0.05, 0) is 24.8 Å². The molecule has 1 fully saturated rings. The molecule has 166 valence electrons. The quantitative estimate of drug-likeness (QED) is 0.600. The van der Waals surface area contributed by atoms with Crippen molar-refractivity contribution < 1.29 is 17.9 Å². The van der Waals surface area contributed by atoms with Crippen LogP contribution in [0.25, 0.3) is 4.96 Å². The van der Waals surface area contributed by atoms with Gasteiger partial charge in [-0.25, -0.2) is 13.4 Å². The van der Waals surface area contributed by atoms with Gasteiger partial charge in [0.15, 0.2) is 20.6 Å². The number of aromatic nitrogens is 2. The SMILES string of the molecule is CC1(C)Cc2c(sc3nc(C(=O)CS(=O)(=O)CCCN4CCOCC4)cn23)C1(C)C. The van der Waals surface area contributed by atoms with Gasteiger partial charge in [-0.2, -0.15) is 0 Å². The van der Waals surface area contributed by atoms with E-state index in [0.29, 0.717) is 26.2 Å². The van der Waals surface area contributed by atoms with Gasteiger partial charge in [-0.15, -0.1) is 11.3 Å². The van der Waals surface area contributed by atoms with Gasteiger partial charge in [-0.3, -0.25) is 14.1 Å². The van der Waals surface area contributed by atoms with E-state index in [9.17, 15) is 13.2 Å². The van der Waals surface area contributed by atoms with Crippen LogP contribution in [-0.2, 0) is 26.4 Å². The Balaban J connectivity index is 1.42. The first-order valence-corrected chi connectivity index (χ1v) is 13.2. The van der Waals surface area contributed by atoms with E-state index in [0.717, 1.165) is 24.5 Å². The zero-order valence-corrected chi connectivity index (χ0v) is 19.9. The molecular weight excluding hydrogens is 422 g/mol. The summed E-state index contributed by atoms with van der Waals surface area (Å²) in [6.07, 6.45) is 3.18. The van der Waals surface area contributed by atoms with E-state index in [-0.39, 0.29) is 22.3 Å². The van der Waals surface area contributed by atoms with Crippen LogP contribution in [0.15, 0.2) is 6.20 Å². The number of hydrogen-bond donors (Lipinski definition) is 0. The summed E-state index contributed by atoms with van der Waals surface area (Å²) in [5, 5.41) is 0. The standard InChI is InChI=1S/C21H31N3O4S2/c1-20(2)12-16-18(21(20,3)4)29-19-22-15(13-24(16)19)17(25)14-30(26,27)11-5-6-23-7-9-28-10-8-23/h13H,5-12,14H2,1-4H3. The smallest absolute Gasteiger partial charge is 0.197 e. The average molecular weight is 454 g/mol. The van der Waals surface area contributed by atoms with Crippen LogP contribution in [-0.4, -0.2) is 72.8 Å². The topological polar surface area (TPSA) is 81.0 Å². The summed E-state index contributed by atoms with van der Waals surface area (Å²) in [4.78, 5) is 21.4. The molecule has 2 aromatic heterocycles. The number of rotatable bonds is 7. The first kappa shape index (κ1) is 21.9. The summed E-state index contributed by atoms with van der Waals surface area (Å²) >= 11 is 1.62. The average Bonchev–Trinajstić information content (AvgIpc) is 3.26. The Hall–Kier alpha value is -1.29. The number of sulfone groups is 1. The number of hydrogen-bond acceptors (Lipinski definition) is 7. The number of ketones is 1. The Bertz CT molecular complexity index is 1060. The van der Waals surface area contributed by atoms with Crippen LogP contribution >= 0.6 is 11.3 Å². The lowest BCUT2D eigenvalue weighted by molar-refractivity contribution is 0.0381. The number of nitrogens with zero attached hydrogens (tertiary/aromatic N) is 3. The van der Waals surface area contributed by atoms with Crippen molar-refractivity contribution in [1.82, 2.24) is 14.3 Å². The molecule has 30 heavy (non-hydrogen) atoms. The highest BCUT2D eigenvalue weighted by molar-refractivity contribution is 7.92. The maximum atomic E-state index is 12.7. The third-order valence-corrected chi connectivity index (χ3v) is 9.99. The van der Waals surface area contributed by atoms with E-state index in [2.05, 4.69) is 37.6 Å². The van der Waals surface area contributed by atoms with Crippen LogP contribution in [0.5, 0.6) is 0 Å². The summed E-state index contributed by atoms with van der Waals surface area (Å²) in [5.41, 5.74) is 1.62. The summed E-state index contributed by atoms with van der Waals surface area (Å²) in [5.74, 6) is -0.863. The molecule has 0 bridgehead atoms. The normalized spacial score (nSPS) is 21.2. The van der Waals surface area contributed by atoms with E-state index in [1.54, 1.807) is 17.5 Å². The van der Waals surface area contributed by atoms with Gasteiger partial charge in [0.1, 0.15) is 11.4 Å². The molecule has 0 unspecified atom stereocenters. The molecule has 0 atom stereocenters. The van der Waals surface area contributed by atoms with Crippen LogP contribution in [0, 0.1) is 5.41 Å². The van der Waals surface area contributed by atoms with E-state index < -0.39 is 21.4 Å². The predicted octanol–water partition coefficient (Wildman–Crippen LogP) is 2.58. The molecule has 1 aliphatic carbocycles. The lowest BCUT2D eigenvalue weighted by Crippen LogP contribution is -2.37. The number of ether oxygens (including phenoxy) is 1. The fraction of sp³-hybridized carbons (Fsp3) is 0.714. The predicted molar refractivity (Wildman–Crippen MR) is 118 cm³/mol. The van der Waals surface area contributed by atoms with Gasteiger partial charge in [0.05, 0.1) is 19.0 Å². The van der Waals surface area contributed by atoms with E-state index in [1.807, 2.05) is 4.40 Å². The van der Waals surface area contributed by atoms with Crippen molar-refractivity contribution >= 4 is 31.9 Å². The van der Waals surface area contributed by atoms with E-state index >= 15 is 0 Å². The van der Waals surface area contributed by atoms with Gasteiger partial charge < -0.3 is 4.74 Å². The highest BCUT2D eigenvalue weighted by atomic mass is 32.2. The highest BCUT2D eigenvalue weighted by Gasteiger charge is 2.48. The number of thiazole rings is 1. The highest BCUT2D eigenvalue weighted by Crippen LogP contribution is 2.53. The van der Waals surface area contributed by atoms with Crippen LogP contribution in [0.4, 0.5) is 0 Å². The zero-order chi connectivity index (χ0) is 21.7. The lowest BCUT2D eigenvalue weighted by atomic mass is 9.71. The van der Waals surface area contributed by atoms with Crippen molar-refractivity contribution in [2.75, 3.05) is 44.4 Å². The van der Waals surface area contributed by atoms with Crippen molar-refractivity contribution in [2.45, 2.75) is 46.0 Å². The molecule has 1 aliphatic heterocycles. The molecule has 1 saturated heterocycles. The minimum atomic E-state index is -3.45. The molecule has 0 aromatic carbocycles. The Morgan fingerprint density at radius 2 is 1.93 bits per heavy atom. The summed E-state index contributed by atoms with van der Waals surface area (Å²) in [6, 6.07) is 0. The zero-order valence-electron chi connectivity index (χ0n) is 18.2. The fourth-order valence-corrected chi connectivity index (χ4v) is 6.97. The molecule has 9 heteroatoms.